The maximum atomic E-state index is 11.8. The number of amides is 1. The van der Waals surface area contributed by atoms with Crippen LogP contribution in [0.15, 0.2) is 24.3 Å². The van der Waals surface area contributed by atoms with Crippen molar-refractivity contribution in [3.8, 4) is 5.75 Å². The molecular formula is C15H22N2O3. The monoisotopic (exact) mass is 278 g/mol. The van der Waals surface area contributed by atoms with E-state index in [0.29, 0.717) is 12.6 Å². The van der Waals surface area contributed by atoms with Crippen LogP contribution in [0.5, 0.6) is 5.75 Å². The average Bonchev–Trinajstić information content (AvgIpc) is 2.41. The van der Waals surface area contributed by atoms with Crippen LogP contribution in [0.1, 0.15) is 24.8 Å². The van der Waals surface area contributed by atoms with Crippen molar-refractivity contribution >= 4 is 5.91 Å². The van der Waals surface area contributed by atoms with E-state index >= 15 is 0 Å². The van der Waals surface area contributed by atoms with Gasteiger partial charge in [0.05, 0.1) is 12.7 Å². The van der Waals surface area contributed by atoms with Crippen LogP contribution < -0.4 is 15.8 Å². The first-order valence-electron chi connectivity index (χ1n) is 6.97. The number of methoxy groups -OCH3 is 1. The summed E-state index contributed by atoms with van der Waals surface area (Å²) >= 11 is 0. The molecule has 0 aliphatic heterocycles. The zero-order chi connectivity index (χ0) is 14.4. The van der Waals surface area contributed by atoms with Crippen LogP contribution in [0.4, 0.5) is 0 Å². The SMILES string of the molecule is COCC(N)C(=O)NCc1ccccc1OC1CCC1. The van der Waals surface area contributed by atoms with E-state index in [-0.39, 0.29) is 12.5 Å². The number of carbonyl (C=O) groups excluding carboxylic acids is 1. The number of ether oxygens (including phenoxy) is 2. The lowest BCUT2D eigenvalue weighted by atomic mass is 9.96. The standard InChI is InChI=1S/C15H22N2O3/c1-19-10-13(16)15(18)17-9-11-5-2-3-8-14(11)20-12-6-4-7-12/h2-3,5,8,12-13H,4,6-7,9-10,16H2,1H3,(H,17,18). The van der Waals surface area contributed by atoms with Crippen molar-refractivity contribution < 1.29 is 14.3 Å². The number of hydrogen-bond acceptors (Lipinski definition) is 4. The van der Waals surface area contributed by atoms with Crippen LogP contribution >= 0.6 is 0 Å². The second-order valence-corrected chi connectivity index (χ2v) is 5.06. The van der Waals surface area contributed by atoms with E-state index < -0.39 is 6.04 Å². The summed E-state index contributed by atoms with van der Waals surface area (Å²) in [4.78, 5) is 11.8. The summed E-state index contributed by atoms with van der Waals surface area (Å²) in [6, 6.07) is 7.13. The summed E-state index contributed by atoms with van der Waals surface area (Å²) in [5.74, 6) is 0.628. The molecule has 0 saturated heterocycles. The number of rotatable bonds is 7. The minimum absolute atomic E-state index is 0.214. The largest absolute Gasteiger partial charge is 0.490 e. The minimum Gasteiger partial charge on any atom is -0.490 e. The maximum absolute atomic E-state index is 11.8. The van der Waals surface area contributed by atoms with E-state index in [1.165, 1.54) is 13.5 Å². The van der Waals surface area contributed by atoms with Gasteiger partial charge in [-0.05, 0) is 25.3 Å². The van der Waals surface area contributed by atoms with E-state index in [0.717, 1.165) is 24.2 Å². The maximum Gasteiger partial charge on any atom is 0.239 e. The number of hydrogen-bond donors (Lipinski definition) is 2. The molecule has 0 radical (unpaired) electrons. The Bertz CT molecular complexity index is 446. The summed E-state index contributed by atoms with van der Waals surface area (Å²) < 4.78 is 10.8. The van der Waals surface area contributed by atoms with Crippen LogP contribution in [0.2, 0.25) is 0 Å². The van der Waals surface area contributed by atoms with Gasteiger partial charge in [0.25, 0.3) is 0 Å². The highest BCUT2D eigenvalue weighted by Crippen LogP contribution is 2.27. The van der Waals surface area contributed by atoms with Gasteiger partial charge in [0.15, 0.2) is 0 Å². The average molecular weight is 278 g/mol. The molecule has 1 atom stereocenters. The van der Waals surface area contributed by atoms with Crippen molar-refractivity contribution in [1.29, 1.82) is 0 Å². The topological polar surface area (TPSA) is 73.6 Å². The lowest BCUT2D eigenvalue weighted by molar-refractivity contribution is -0.123. The molecule has 5 heteroatoms. The van der Waals surface area contributed by atoms with E-state index in [2.05, 4.69) is 5.32 Å². The number of carbonyl (C=O) groups is 1. The normalized spacial score (nSPS) is 16.3. The second-order valence-electron chi connectivity index (χ2n) is 5.06. The Morgan fingerprint density at radius 2 is 2.20 bits per heavy atom. The van der Waals surface area contributed by atoms with Crippen LogP contribution in [-0.2, 0) is 16.1 Å². The smallest absolute Gasteiger partial charge is 0.239 e. The molecule has 1 aliphatic rings. The molecule has 0 bridgehead atoms. The fourth-order valence-electron chi connectivity index (χ4n) is 2.00. The second kappa shape index (κ2) is 7.26. The predicted octanol–water partition coefficient (Wildman–Crippen LogP) is 1.21. The molecule has 1 amide bonds. The molecule has 2 rings (SSSR count). The van der Waals surface area contributed by atoms with Gasteiger partial charge in [0.1, 0.15) is 11.8 Å². The van der Waals surface area contributed by atoms with E-state index in [1.54, 1.807) is 0 Å². The molecular weight excluding hydrogens is 256 g/mol. The van der Waals surface area contributed by atoms with Crippen LogP contribution in [0.25, 0.3) is 0 Å². The van der Waals surface area contributed by atoms with Crippen LogP contribution in [0, 0.1) is 0 Å². The molecule has 0 aromatic heterocycles. The summed E-state index contributed by atoms with van der Waals surface area (Å²) in [6.07, 6.45) is 3.77. The number of nitrogens with two attached hydrogens (primary N) is 1. The zero-order valence-electron chi connectivity index (χ0n) is 11.8. The van der Waals surface area contributed by atoms with Gasteiger partial charge in [-0.1, -0.05) is 18.2 Å². The molecule has 1 saturated carbocycles. The van der Waals surface area contributed by atoms with E-state index in [4.69, 9.17) is 15.2 Å². The molecule has 3 N–H and O–H groups in total. The highest BCUT2D eigenvalue weighted by atomic mass is 16.5. The Morgan fingerprint density at radius 1 is 1.45 bits per heavy atom. The van der Waals surface area contributed by atoms with Gasteiger partial charge in [-0.25, -0.2) is 0 Å². The van der Waals surface area contributed by atoms with E-state index in [9.17, 15) is 4.79 Å². The van der Waals surface area contributed by atoms with E-state index in [1.807, 2.05) is 24.3 Å². The van der Waals surface area contributed by atoms with Gasteiger partial charge in [0, 0.05) is 19.2 Å². The Hall–Kier alpha value is -1.59. The van der Waals surface area contributed by atoms with Crippen molar-refractivity contribution in [2.24, 2.45) is 5.73 Å². The Labute approximate surface area is 119 Å². The highest BCUT2D eigenvalue weighted by Gasteiger charge is 2.20. The first-order chi connectivity index (χ1) is 9.70. The quantitative estimate of drug-likeness (QED) is 0.786. The van der Waals surface area contributed by atoms with Crippen molar-refractivity contribution in [3.05, 3.63) is 29.8 Å². The van der Waals surface area contributed by atoms with Crippen molar-refractivity contribution in [3.63, 3.8) is 0 Å². The van der Waals surface area contributed by atoms with Gasteiger partial charge < -0.3 is 20.5 Å². The van der Waals surface area contributed by atoms with Crippen molar-refractivity contribution in [1.82, 2.24) is 5.32 Å². The molecule has 1 aliphatic carbocycles. The molecule has 1 fully saturated rings. The van der Waals surface area contributed by atoms with Gasteiger partial charge in [-0.2, -0.15) is 0 Å². The van der Waals surface area contributed by atoms with Crippen LogP contribution in [-0.4, -0.2) is 31.8 Å². The fraction of sp³-hybridized carbons (Fsp3) is 0.533. The zero-order valence-corrected chi connectivity index (χ0v) is 11.8. The third kappa shape index (κ3) is 3.95. The van der Waals surface area contributed by atoms with Gasteiger partial charge in [0.2, 0.25) is 5.91 Å². The predicted molar refractivity (Wildman–Crippen MR) is 76.4 cm³/mol. The van der Waals surface area contributed by atoms with Gasteiger partial charge in [-0.3, -0.25) is 4.79 Å². The summed E-state index contributed by atoms with van der Waals surface area (Å²) in [6.45, 7) is 0.630. The lowest BCUT2D eigenvalue weighted by Crippen LogP contribution is -2.43. The first kappa shape index (κ1) is 14.8. The number of benzene rings is 1. The molecule has 1 unspecified atom stereocenters. The Kier molecular flexibility index (Phi) is 5.38. The van der Waals surface area contributed by atoms with Gasteiger partial charge in [-0.15, -0.1) is 0 Å². The molecule has 5 nitrogen and oxygen atoms in total. The Morgan fingerprint density at radius 3 is 2.85 bits per heavy atom. The molecule has 0 spiro atoms. The fourth-order valence-corrected chi connectivity index (χ4v) is 2.00. The number of nitrogens with one attached hydrogen (secondary N) is 1. The lowest BCUT2D eigenvalue weighted by Gasteiger charge is -2.27. The van der Waals surface area contributed by atoms with Crippen molar-refractivity contribution in [2.75, 3.05) is 13.7 Å². The molecule has 110 valence electrons. The Balaban J connectivity index is 1.89. The van der Waals surface area contributed by atoms with Gasteiger partial charge >= 0.3 is 0 Å². The molecule has 0 heterocycles. The minimum atomic E-state index is -0.639. The molecule has 1 aromatic carbocycles. The number of para-hydroxylation sites is 1. The summed E-state index contributed by atoms with van der Waals surface area (Å²) in [7, 11) is 1.52. The third-order valence-electron chi connectivity index (χ3n) is 3.45. The third-order valence-corrected chi connectivity index (χ3v) is 3.45. The highest BCUT2D eigenvalue weighted by molar-refractivity contribution is 5.81. The first-order valence-corrected chi connectivity index (χ1v) is 6.97. The van der Waals surface area contributed by atoms with Crippen molar-refractivity contribution in [2.45, 2.75) is 38.0 Å². The molecule has 1 aromatic rings. The summed E-state index contributed by atoms with van der Waals surface area (Å²) in [5, 5.41) is 2.81. The van der Waals surface area contributed by atoms with Crippen LogP contribution in [0.3, 0.4) is 0 Å². The molecule has 20 heavy (non-hydrogen) atoms. The summed E-state index contributed by atoms with van der Waals surface area (Å²) in [5.41, 5.74) is 6.64.